The fourth-order valence-corrected chi connectivity index (χ4v) is 5.64. The van der Waals surface area contributed by atoms with E-state index in [1.165, 1.54) is 38.5 Å². The fraction of sp³-hybridized carbons (Fsp3) is 0.647. The minimum Gasteiger partial charge on any atom is -0.264 e. The molecular weight excluding hydrogens is 232 g/mol. The van der Waals surface area contributed by atoms with Crippen LogP contribution in [0.25, 0.3) is 0 Å². The van der Waals surface area contributed by atoms with Crippen LogP contribution in [0.15, 0.2) is 24.5 Å². The van der Waals surface area contributed by atoms with Crippen molar-refractivity contribution in [3.8, 4) is 6.07 Å². The van der Waals surface area contributed by atoms with Crippen LogP contribution in [0.2, 0.25) is 0 Å². The molecule has 0 N–H and O–H groups in total. The smallest absolute Gasteiger partial charge is 0.0784 e. The van der Waals surface area contributed by atoms with E-state index in [9.17, 15) is 5.26 Å². The minimum atomic E-state index is 0.0644. The molecular formula is C17H20N2. The number of hydrogen-bond donors (Lipinski definition) is 0. The standard InChI is InChI=1S/C17H20N2/c18-10-16(15-2-1-3-19-11-15)17-7-12-4-13(8-17)6-14(5-12)9-17/h1-3,11-14,16H,4-9H2. The van der Waals surface area contributed by atoms with E-state index in [2.05, 4.69) is 17.1 Å². The van der Waals surface area contributed by atoms with Gasteiger partial charge in [-0.25, -0.2) is 0 Å². The van der Waals surface area contributed by atoms with Gasteiger partial charge in [0.25, 0.3) is 0 Å². The van der Waals surface area contributed by atoms with E-state index in [4.69, 9.17) is 0 Å². The van der Waals surface area contributed by atoms with Gasteiger partial charge in [-0.2, -0.15) is 5.26 Å². The number of nitriles is 1. The molecule has 1 aromatic rings. The van der Waals surface area contributed by atoms with Gasteiger partial charge in [0.1, 0.15) is 0 Å². The second kappa shape index (κ2) is 4.07. The normalized spacial score (nSPS) is 40.9. The van der Waals surface area contributed by atoms with E-state index >= 15 is 0 Å². The Bertz CT molecular complexity index is 479. The first kappa shape index (κ1) is 11.5. The second-order valence-electron chi connectivity index (χ2n) is 7.13. The van der Waals surface area contributed by atoms with Gasteiger partial charge < -0.3 is 0 Å². The maximum atomic E-state index is 9.76. The van der Waals surface area contributed by atoms with Gasteiger partial charge in [0.05, 0.1) is 12.0 Å². The molecule has 4 fully saturated rings. The molecule has 19 heavy (non-hydrogen) atoms. The fourth-order valence-electron chi connectivity index (χ4n) is 5.64. The number of nitrogens with zero attached hydrogens (tertiary/aromatic N) is 2. The van der Waals surface area contributed by atoms with E-state index in [-0.39, 0.29) is 11.3 Å². The third-order valence-corrected chi connectivity index (χ3v) is 5.84. The van der Waals surface area contributed by atoms with Gasteiger partial charge in [0, 0.05) is 12.4 Å². The van der Waals surface area contributed by atoms with E-state index < -0.39 is 0 Å². The van der Waals surface area contributed by atoms with Crippen molar-refractivity contribution in [3.63, 3.8) is 0 Å². The maximum Gasteiger partial charge on any atom is 0.0784 e. The monoisotopic (exact) mass is 252 g/mol. The van der Waals surface area contributed by atoms with Crippen LogP contribution >= 0.6 is 0 Å². The first-order chi connectivity index (χ1) is 9.29. The molecule has 4 aliphatic rings. The van der Waals surface area contributed by atoms with Crippen LogP contribution in [-0.2, 0) is 0 Å². The Labute approximate surface area is 114 Å². The Hall–Kier alpha value is -1.36. The van der Waals surface area contributed by atoms with E-state index in [1.54, 1.807) is 6.20 Å². The SMILES string of the molecule is N#CC(c1cccnc1)C12CC3CC(CC(C3)C1)C2. The summed E-state index contributed by atoms with van der Waals surface area (Å²) in [4.78, 5) is 4.23. The molecule has 0 saturated heterocycles. The van der Waals surface area contributed by atoms with Crippen molar-refractivity contribution in [1.29, 1.82) is 5.26 Å². The van der Waals surface area contributed by atoms with Crippen LogP contribution < -0.4 is 0 Å². The molecule has 1 atom stereocenters. The largest absolute Gasteiger partial charge is 0.264 e. The van der Waals surface area contributed by atoms with Gasteiger partial charge in [-0.3, -0.25) is 4.98 Å². The van der Waals surface area contributed by atoms with Gasteiger partial charge in [0.15, 0.2) is 0 Å². The van der Waals surface area contributed by atoms with Crippen LogP contribution in [-0.4, -0.2) is 4.98 Å². The number of hydrogen-bond acceptors (Lipinski definition) is 2. The summed E-state index contributed by atoms with van der Waals surface area (Å²) in [6.45, 7) is 0. The van der Waals surface area contributed by atoms with Crippen molar-refractivity contribution in [2.45, 2.75) is 44.4 Å². The van der Waals surface area contributed by atoms with Crippen LogP contribution in [0.3, 0.4) is 0 Å². The lowest BCUT2D eigenvalue weighted by atomic mass is 9.46. The number of pyridine rings is 1. The Morgan fingerprint density at radius 3 is 2.26 bits per heavy atom. The highest BCUT2D eigenvalue weighted by atomic mass is 14.6. The van der Waals surface area contributed by atoms with Crippen molar-refractivity contribution >= 4 is 0 Å². The molecule has 0 amide bonds. The lowest BCUT2D eigenvalue weighted by Crippen LogP contribution is -2.48. The van der Waals surface area contributed by atoms with E-state index in [1.807, 2.05) is 12.3 Å². The quantitative estimate of drug-likeness (QED) is 0.800. The van der Waals surface area contributed by atoms with Gasteiger partial charge >= 0.3 is 0 Å². The highest BCUT2D eigenvalue weighted by Crippen LogP contribution is 2.64. The number of aromatic nitrogens is 1. The molecule has 1 unspecified atom stereocenters. The topological polar surface area (TPSA) is 36.7 Å². The lowest BCUT2D eigenvalue weighted by Gasteiger charge is -2.58. The van der Waals surface area contributed by atoms with Crippen LogP contribution in [0.5, 0.6) is 0 Å². The van der Waals surface area contributed by atoms with Crippen LogP contribution in [0.1, 0.15) is 50.0 Å². The highest BCUT2D eigenvalue weighted by Gasteiger charge is 2.54. The molecule has 1 aromatic heterocycles. The summed E-state index contributed by atoms with van der Waals surface area (Å²) in [5.41, 5.74) is 1.42. The van der Waals surface area contributed by atoms with Crippen molar-refractivity contribution in [1.82, 2.24) is 4.98 Å². The highest BCUT2D eigenvalue weighted by molar-refractivity contribution is 5.27. The van der Waals surface area contributed by atoms with Crippen LogP contribution in [0, 0.1) is 34.5 Å². The number of rotatable bonds is 2. The van der Waals surface area contributed by atoms with E-state index in [0.29, 0.717) is 0 Å². The molecule has 0 aliphatic heterocycles. The Balaban J connectivity index is 1.72. The van der Waals surface area contributed by atoms with Crippen molar-refractivity contribution in [3.05, 3.63) is 30.1 Å². The molecule has 2 heteroatoms. The second-order valence-corrected chi connectivity index (χ2v) is 7.13. The molecule has 4 saturated carbocycles. The maximum absolute atomic E-state index is 9.76. The Morgan fingerprint density at radius 1 is 1.16 bits per heavy atom. The average molecular weight is 252 g/mol. The van der Waals surface area contributed by atoms with Gasteiger partial charge in [0.2, 0.25) is 0 Å². The molecule has 2 nitrogen and oxygen atoms in total. The zero-order chi connectivity index (χ0) is 12.9. The third-order valence-electron chi connectivity index (χ3n) is 5.84. The minimum absolute atomic E-state index is 0.0644. The molecule has 4 aliphatic carbocycles. The molecule has 98 valence electrons. The van der Waals surface area contributed by atoms with Crippen molar-refractivity contribution in [2.24, 2.45) is 23.2 Å². The summed E-state index contributed by atoms with van der Waals surface area (Å²) in [5, 5.41) is 9.76. The summed E-state index contributed by atoms with van der Waals surface area (Å²) in [6, 6.07) is 6.70. The first-order valence-electron chi connectivity index (χ1n) is 7.58. The molecule has 0 radical (unpaired) electrons. The predicted molar refractivity (Wildman–Crippen MR) is 73.2 cm³/mol. The summed E-state index contributed by atoms with van der Waals surface area (Å²) in [5.74, 6) is 2.77. The average Bonchev–Trinajstić information content (AvgIpc) is 2.38. The van der Waals surface area contributed by atoms with Crippen molar-refractivity contribution in [2.75, 3.05) is 0 Å². The van der Waals surface area contributed by atoms with Crippen LogP contribution in [0.4, 0.5) is 0 Å². The first-order valence-corrected chi connectivity index (χ1v) is 7.58. The van der Waals surface area contributed by atoms with Gasteiger partial charge in [-0.15, -0.1) is 0 Å². The molecule has 0 aromatic carbocycles. The molecule has 5 rings (SSSR count). The van der Waals surface area contributed by atoms with Gasteiger partial charge in [-0.05, 0) is 73.3 Å². The lowest BCUT2D eigenvalue weighted by molar-refractivity contribution is -0.0595. The summed E-state index contributed by atoms with van der Waals surface area (Å²) >= 11 is 0. The molecule has 1 heterocycles. The summed E-state index contributed by atoms with van der Waals surface area (Å²) in [7, 11) is 0. The third kappa shape index (κ3) is 1.71. The predicted octanol–water partition coefficient (Wildman–Crippen LogP) is 3.91. The summed E-state index contributed by atoms with van der Waals surface area (Å²) in [6.07, 6.45) is 11.9. The molecule has 0 spiro atoms. The van der Waals surface area contributed by atoms with Crippen molar-refractivity contribution < 1.29 is 0 Å². The summed E-state index contributed by atoms with van der Waals surface area (Å²) < 4.78 is 0. The zero-order valence-corrected chi connectivity index (χ0v) is 11.3. The van der Waals surface area contributed by atoms with Gasteiger partial charge in [-0.1, -0.05) is 6.07 Å². The Kier molecular flexibility index (Phi) is 2.45. The molecule has 4 bridgehead atoms. The zero-order valence-electron chi connectivity index (χ0n) is 11.3. The van der Waals surface area contributed by atoms with E-state index in [0.717, 1.165) is 23.3 Å². The Morgan fingerprint density at radius 2 is 1.79 bits per heavy atom.